The fourth-order valence-corrected chi connectivity index (χ4v) is 8.96. The molecule has 3 saturated heterocycles. The summed E-state index contributed by atoms with van der Waals surface area (Å²) in [6.45, 7) is 9.71. The highest BCUT2D eigenvalue weighted by Gasteiger charge is 2.76. The number of hydrogen-bond donors (Lipinski definition) is 2. The number of hydrogen-bond acceptors (Lipinski definition) is 7. The molecule has 5 rings (SSSR count). The molecule has 7 atom stereocenters. The molecule has 0 radical (unpaired) electrons. The minimum Gasteiger partial charge on any atom is -0.463 e. The average Bonchev–Trinajstić information content (AvgIpc) is 3.70. The first kappa shape index (κ1) is 37.7. The van der Waals surface area contributed by atoms with Crippen LogP contribution in [0.5, 0.6) is 0 Å². The Kier molecular flexibility index (Phi) is 12.6. The van der Waals surface area contributed by atoms with Crippen molar-refractivity contribution in [3.05, 3.63) is 90.0 Å². The summed E-state index contributed by atoms with van der Waals surface area (Å²) >= 11 is 10.4. The fourth-order valence-electron chi connectivity index (χ4n) is 7.70. The number of esters is 1. The van der Waals surface area contributed by atoms with Gasteiger partial charge in [-0.05, 0) is 56.2 Å². The Labute approximate surface area is 306 Å². The van der Waals surface area contributed by atoms with Gasteiger partial charge in [-0.15, -0.1) is 13.2 Å². The van der Waals surface area contributed by atoms with E-state index in [4.69, 9.17) is 21.1 Å². The van der Waals surface area contributed by atoms with Gasteiger partial charge in [-0.3, -0.25) is 19.2 Å². The predicted octanol–water partition coefficient (Wildman–Crippen LogP) is 5.44. The molecular weight excluding hydrogens is 726 g/mol. The molecule has 2 N–H and O–H groups in total. The van der Waals surface area contributed by atoms with Gasteiger partial charge >= 0.3 is 5.97 Å². The van der Waals surface area contributed by atoms with Gasteiger partial charge in [0, 0.05) is 30.9 Å². The van der Waals surface area contributed by atoms with E-state index >= 15 is 0 Å². The zero-order valence-electron chi connectivity index (χ0n) is 28.3. The second-order valence-corrected chi connectivity index (χ2v) is 14.7. The van der Waals surface area contributed by atoms with Crippen LogP contribution in [0.3, 0.4) is 0 Å². The van der Waals surface area contributed by atoms with Gasteiger partial charge in [0.2, 0.25) is 11.8 Å². The maximum Gasteiger partial charge on any atom is 0.306 e. The van der Waals surface area contributed by atoms with Crippen molar-refractivity contribution in [1.29, 1.82) is 0 Å². The zero-order chi connectivity index (χ0) is 36.0. The molecule has 2 bridgehead atoms. The third-order valence-electron chi connectivity index (χ3n) is 9.90. The molecule has 3 fully saturated rings. The number of carbonyl (C=O) groups is 4. The monoisotopic (exact) mass is 769 g/mol. The second-order valence-electron chi connectivity index (χ2n) is 13.1. The van der Waals surface area contributed by atoms with E-state index in [-0.39, 0.29) is 49.4 Å². The summed E-state index contributed by atoms with van der Waals surface area (Å²) in [4.78, 5) is 59.1. The third-order valence-corrected chi connectivity index (χ3v) is 11.1. The molecule has 3 aliphatic heterocycles. The van der Waals surface area contributed by atoms with Crippen LogP contribution in [0, 0.1) is 18.8 Å². The lowest BCUT2D eigenvalue weighted by molar-refractivity contribution is -0.145. The number of likely N-dealkylation sites (tertiary alicyclic amines) is 1. The van der Waals surface area contributed by atoms with Gasteiger partial charge < -0.3 is 29.7 Å². The minimum atomic E-state index is -1.29. The second kappa shape index (κ2) is 16.7. The largest absolute Gasteiger partial charge is 0.463 e. The Balaban J connectivity index is 1.50. The molecule has 10 nitrogen and oxygen atoms in total. The summed E-state index contributed by atoms with van der Waals surface area (Å²) in [5, 5.41) is 12.8. The van der Waals surface area contributed by atoms with Crippen molar-refractivity contribution in [1.82, 2.24) is 10.2 Å². The molecule has 3 aliphatic rings. The quantitative estimate of drug-likeness (QED) is 0.0950. The van der Waals surface area contributed by atoms with E-state index in [1.807, 2.05) is 49.4 Å². The van der Waals surface area contributed by atoms with Crippen LogP contribution in [-0.2, 0) is 28.7 Å². The van der Waals surface area contributed by atoms with Crippen LogP contribution in [0.2, 0.25) is 5.02 Å². The summed E-state index contributed by atoms with van der Waals surface area (Å²) in [5.41, 5.74) is 0.750. The van der Waals surface area contributed by atoms with Gasteiger partial charge in [0.15, 0.2) is 0 Å². The predicted molar refractivity (Wildman–Crippen MR) is 195 cm³/mol. The van der Waals surface area contributed by atoms with E-state index in [2.05, 4.69) is 34.4 Å². The minimum absolute atomic E-state index is 0.0201. The Bertz CT molecular complexity index is 1570. The molecule has 3 heterocycles. The summed E-state index contributed by atoms with van der Waals surface area (Å²) in [7, 11) is 0. The summed E-state index contributed by atoms with van der Waals surface area (Å²) in [6, 6.07) is 12.9. The maximum atomic E-state index is 14.9. The standard InChI is InChI=1S/C38H45BrClN3O7/c1-4-6-18-29(45)49-23-28(25-15-9-7-10-16-25)41-35(46)30-31-36(47)43(20-11-8-12-21-44)34(38(31)22-26(39)33(30)50-38)37(48)42(19-5-2)32-24(3)14-13-17-27(32)40/h4-5,7,9-10,13-17,26,28,30-31,33-34,44H,1-2,6,8,11-12,18-23H2,3H3,(H,41,46)/t26?,28-,30-,31+,33-,34-,38+/m0/s1. The first-order valence-electron chi connectivity index (χ1n) is 17.1. The van der Waals surface area contributed by atoms with Crippen molar-refractivity contribution in [2.45, 2.75) is 74.1 Å². The Morgan fingerprint density at radius 2 is 1.92 bits per heavy atom. The van der Waals surface area contributed by atoms with E-state index in [1.54, 1.807) is 28.0 Å². The number of rotatable bonds is 17. The molecule has 0 saturated carbocycles. The van der Waals surface area contributed by atoms with Crippen molar-refractivity contribution in [3.8, 4) is 0 Å². The number of fused-ring (bicyclic) bond motifs is 1. The smallest absolute Gasteiger partial charge is 0.306 e. The van der Waals surface area contributed by atoms with Crippen LogP contribution in [0.15, 0.2) is 73.8 Å². The van der Waals surface area contributed by atoms with E-state index in [9.17, 15) is 24.3 Å². The number of nitrogens with zero attached hydrogens (tertiary/aromatic N) is 2. The average molecular weight is 771 g/mol. The highest BCUT2D eigenvalue weighted by molar-refractivity contribution is 9.09. The van der Waals surface area contributed by atoms with Crippen molar-refractivity contribution in [2.75, 3.05) is 31.2 Å². The van der Waals surface area contributed by atoms with Gasteiger partial charge in [0.1, 0.15) is 18.2 Å². The summed E-state index contributed by atoms with van der Waals surface area (Å²) < 4.78 is 12.3. The number of halogens is 2. The highest BCUT2D eigenvalue weighted by atomic mass is 79.9. The van der Waals surface area contributed by atoms with Gasteiger partial charge in [0.05, 0.1) is 34.7 Å². The lowest BCUT2D eigenvalue weighted by Gasteiger charge is -2.37. The van der Waals surface area contributed by atoms with E-state index in [1.165, 1.54) is 0 Å². The molecule has 0 aromatic heterocycles. The first-order chi connectivity index (χ1) is 24.1. The van der Waals surface area contributed by atoms with Crippen LogP contribution in [-0.4, -0.2) is 82.6 Å². The molecule has 0 aliphatic carbocycles. The number of benzene rings is 2. The van der Waals surface area contributed by atoms with Gasteiger partial charge in [0.25, 0.3) is 5.91 Å². The number of para-hydroxylation sites is 1. The van der Waals surface area contributed by atoms with Crippen LogP contribution >= 0.6 is 27.5 Å². The number of aliphatic hydroxyl groups is 1. The van der Waals surface area contributed by atoms with Gasteiger partial charge in [-0.2, -0.15) is 0 Å². The van der Waals surface area contributed by atoms with Crippen molar-refractivity contribution in [2.24, 2.45) is 11.8 Å². The molecule has 50 heavy (non-hydrogen) atoms. The number of allylic oxidation sites excluding steroid dienone is 1. The Morgan fingerprint density at radius 3 is 2.60 bits per heavy atom. The van der Waals surface area contributed by atoms with Crippen molar-refractivity contribution in [3.63, 3.8) is 0 Å². The molecule has 1 unspecified atom stereocenters. The maximum absolute atomic E-state index is 14.9. The lowest BCUT2D eigenvalue weighted by Crippen LogP contribution is -2.57. The van der Waals surface area contributed by atoms with Crippen molar-refractivity contribution < 1.29 is 33.8 Å². The molecule has 268 valence electrons. The molecule has 3 amide bonds. The highest BCUT2D eigenvalue weighted by Crippen LogP contribution is 2.60. The summed E-state index contributed by atoms with van der Waals surface area (Å²) in [6.07, 6.45) is 5.31. The number of anilines is 1. The molecule has 1 spiro atoms. The number of amides is 3. The van der Waals surface area contributed by atoms with Crippen molar-refractivity contribution >= 4 is 56.9 Å². The Hall–Kier alpha value is -3.51. The SMILES string of the molecule is C=CCCC(=O)OC[C@H](NC(=O)[C@@H]1[C@H]2O[C@@]3(CC2Br)[C@H](C(=O)N(CC=C)c2c(C)cccc2Cl)N(CCCCCO)C(=O)[C@@H]13)c1ccccc1. The molecule has 2 aromatic carbocycles. The number of unbranched alkanes of at least 4 members (excludes halogenated alkanes) is 2. The first-order valence-corrected chi connectivity index (χ1v) is 18.4. The lowest BCUT2D eigenvalue weighted by atomic mass is 9.70. The number of alkyl halides is 1. The van der Waals surface area contributed by atoms with E-state index < -0.39 is 47.5 Å². The number of ether oxygens (including phenoxy) is 2. The molecule has 2 aromatic rings. The normalized spacial score (nSPS) is 25.6. The summed E-state index contributed by atoms with van der Waals surface area (Å²) in [5.74, 6) is -3.38. The number of aryl methyl sites for hydroxylation is 1. The van der Waals surface area contributed by atoms with E-state index in [0.29, 0.717) is 42.8 Å². The number of aliphatic hydroxyl groups excluding tert-OH is 1. The fraction of sp³-hybridized carbons (Fsp3) is 0.474. The topological polar surface area (TPSA) is 125 Å². The van der Waals surface area contributed by atoms with Crippen LogP contribution < -0.4 is 10.2 Å². The number of nitrogens with one attached hydrogen (secondary N) is 1. The molecular formula is C38H45BrClN3O7. The zero-order valence-corrected chi connectivity index (χ0v) is 30.6. The van der Waals surface area contributed by atoms with Crippen LogP contribution in [0.1, 0.15) is 55.7 Å². The van der Waals surface area contributed by atoms with Crippen LogP contribution in [0.25, 0.3) is 0 Å². The van der Waals surface area contributed by atoms with Gasteiger partial charge in [-0.1, -0.05) is 82.1 Å². The molecule has 12 heteroatoms. The number of carbonyl (C=O) groups excluding carboxylic acids is 4. The van der Waals surface area contributed by atoms with E-state index in [0.717, 1.165) is 11.1 Å². The van der Waals surface area contributed by atoms with Crippen LogP contribution in [0.4, 0.5) is 5.69 Å². The Morgan fingerprint density at radius 1 is 1.16 bits per heavy atom. The van der Waals surface area contributed by atoms with Gasteiger partial charge in [-0.25, -0.2) is 0 Å². The third kappa shape index (κ3) is 7.42.